The highest BCUT2D eigenvalue weighted by Crippen LogP contribution is 2.16. The number of aromatic nitrogens is 4. The van der Waals surface area contributed by atoms with Gasteiger partial charge in [0, 0.05) is 25.7 Å². The molecule has 0 fully saturated rings. The highest BCUT2D eigenvalue weighted by molar-refractivity contribution is 7.89. The smallest absolute Gasteiger partial charge is 0.244 e. The molecule has 0 aromatic carbocycles. The van der Waals surface area contributed by atoms with Crippen molar-refractivity contribution >= 4 is 21.7 Å². The van der Waals surface area contributed by atoms with Crippen LogP contribution in [0.4, 0.5) is 11.6 Å². The second-order valence-electron chi connectivity index (χ2n) is 5.30. The lowest BCUT2D eigenvalue weighted by Gasteiger charge is -2.10. The molecule has 9 nitrogen and oxygen atoms in total. The van der Waals surface area contributed by atoms with Gasteiger partial charge in [0.25, 0.3) is 0 Å². The molecular formula is C14H23N7O2S. The molecule has 2 aromatic heterocycles. The Morgan fingerprint density at radius 2 is 1.75 bits per heavy atom. The number of hydrogen-bond acceptors (Lipinski definition) is 7. The van der Waals surface area contributed by atoms with Gasteiger partial charge in [-0.15, -0.1) is 0 Å². The van der Waals surface area contributed by atoms with Gasteiger partial charge >= 0.3 is 0 Å². The van der Waals surface area contributed by atoms with Gasteiger partial charge in [0.1, 0.15) is 22.4 Å². The monoisotopic (exact) mass is 353 g/mol. The van der Waals surface area contributed by atoms with E-state index in [1.165, 1.54) is 0 Å². The molecular weight excluding hydrogens is 330 g/mol. The van der Waals surface area contributed by atoms with Crippen LogP contribution in [0.3, 0.4) is 0 Å². The van der Waals surface area contributed by atoms with Gasteiger partial charge in [-0.05, 0) is 27.7 Å². The number of aromatic amines is 1. The standard InChI is InChI=1S/C14H23N7O2S/c1-5-15-12-8-13(19-11(4)18-12)16-6-7-17-24(22,23)14-9(2)20-21-10(14)3/h8,17H,5-7H2,1-4H3,(H,20,21)(H2,15,16,18,19). The van der Waals surface area contributed by atoms with Crippen molar-refractivity contribution in [3.63, 3.8) is 0 Å². The van der Waals surface area contributed by atoms with E-state index >= 15 is 0 Å². The number of nitrogens with one attached hydrogen (secondary N) is 4. The Kier molecular flexibility index (Phi) is 5.73. The largest absolute Gasteiger partial charge is 0.370 e. The molecule has 0 amide bonds. The van der Waals surface area contributed by atoms with Gasteiger partial charge < -0.3 is 10.6 Å². The molecule has 0 unspecified atom stereocenters. The predicted octanol–water partition coefficient (Wildman–Crippen LogP) is 0.947. The molecule has 0 atom stereocenters. The van der Waals surface area contributed by atoms with Crippen molar-refractivity contribution in [1.29, 1.82) is 0 Å². The predicted molar refractivity (Wildman–Crippen MR) is 92.7 cm³/mol. The van der Waals surface area contributed by atoms with E-state index in [-0.39, 0.29) is 11.4 Å². The zero-order valence-corrected chi connectivity index (χ0v) is 15.1. The Balaban J connectivity index is 1.93. The number of anilines is 2. The third-order valence-corrected chi connectivity index (χ3v) is 4.97. The summed E-state index contributed by atoms with van der Waals surface area (Å²) in [6, 6.07) is 1.79. The van der Waals surface area contributed by atoms with E-state index in [0.717, 1.165) is 12.4 Å². The van der Waals surface area contributed by atoms with Gasteiger partial charge in [-0.1, -0.05) is 0 Å². The molecule has 0 aliphatic heterocycles. The normalized spacial score (nSPS) is 11.5. The summed E-state index contributed by atoms with van der Waals surface area (Å²) in [7, 11) is -3.59. The van der Waals surface area contributed by atoms with Gasteiger partial charge in [0.2, 0.25) is 10.0 Å². The van der Waals surface area contributed by atoms with Crippen molar-refractivity contribution < 1.29 is 8.42 Å². The second-order valence-corrected chi connectivity index (χ2v) is 7.01. The van der Waals surface area contributed by atoms with E-state index in [1.54, 1.807) is 26.8 Å². The molecule has 0 aliphatic carbocycles. The molecule has 132 valence electrons. The number of aryl methyl sites for hydroxylation is 3. The lowest BCUT2D eigenvalue weighted by atomic mass is 10.4. The van der Waals surface area contributed by atoms with Crippen LogP contribution in [0.2, 0.25) is 0 Å². The van der Waals surface area contributed by atoms with Crippen molar-refractivity contribution in [2.24, 2.45) is 0 Å². The van der Waals surface area contributed by atoms with Gasteiger partial charge in [-0.3, -0.25) is 5.10 Å². The Morgan fingerprint density at radius 3 is 2.33 bits per heavy atom. The van der Waals surface area contributed by atoms with Crippen LogP contribution < -0.4 is 15.4 Å². The number of rotatable bonds is 8. The fourth-order valence-electron chi connectivity index (χ4n) is 2.31. The quantitative estimate of drug-likeness (QED) is 0.521. The Morgan fingerprint density at radius 1 is 1.08 bits per heavy atom. The zero-order valence-electron chi connectivity index (χ0n) is 14.3. The number of H-pyrrole nitrogens is 1. The summed E-state index contributed by atoms with van der Waals surface area (Å²) in [5.74, 6) is 2.02. The SMILES string of the molecule is CCNc1cc(NCCNS(=O)(=O)c2c(C)n[nH]c2C)nc(C)n1. The molecule has 0 bridgehead atoms. The third kappa shape index (κ3) is 4.42. The van der Waals surface area contributed by atoms with E-state index in [2.05, 4.69) is 35.5 Å². The molecule has 2 aromatic rings. The van der Waals surface area contributed by atoms with Crippen LogP contribution in [0.15, 0.2) is 11.0 Å². The van der Waals surface area contributed by atoms with Crippen LogP contribution in [-0.2, 0) is 10.0 Å². The maximum absolute atomic E-state index is 12.3. The van der Waals surface area contributed by atoms with Crippen molar-refractivity contribution in [3.05, 3.63) is 23.3 Å². The van der Waals surface area contributed by atoms with Crippen molar-refractivity contribution in [3.8, 4) is 0 Å². The number of sulfonamides is 1. The Hall–Kier alpha value is -2.20. The van der Waals surface area contributed by atoms with Crippen molar-refractivity contribution in [1.82, 2.24) is 24.9 Å². The molecule has 10 heteroatoms. The molecule has 0 saturated carbocycles. The number of hydrogen-bond donors (Lipinski definition) is 4. The fourth-order valence-corrected chi connectivity index (χ4v) is 3.71. The van der Waals surface area contributed by atoms with Crippen LogP contribution in [0.5, 0.6) is 0 Å². The Labute approximate surface area is 141 Å². The first kappa shape index (κ1) is 18.1. The van der Waals surface area contributed by atoms with E-state index in [0.29, 0.717) is 29.6 Å². The lowest BCUT2D eigenvalue weighted by molar-refractivity contribution is 0.581. The van der Waals surface area contributed by atoms with Crippen molar-refractivity contribution in [2.45, 2.75) is 32.6 Å². The first-order chi connectivity index (χ1) is 11.3. The van der Waals surface area contributed by atoms with Gasteiger partial charge in [-0.2, -0.15) is 5.10 Å². The van der Waals surface area contributed by atoms with Crippen LogP contribution in [0.1, 0.15) is 24.1 Å². The van der Waals surface area contributed by atoms with E-state index in [9.17, 15) is 8.42 Å². The molecule has 24 heavy (non-hydrogen) atoms. The minimum atomic E-state index is -3.59. The van der Waals surface area contributed by atoms with Crippen molar-refractivity contribution in [2.75, 3.05) is 30.3 Å². The summed E-state index contributed by atoms with van der Waals surface area (Å²) in [4.78, 5) is 8.74. The topological polar surface area (TPSA) is 125 Å². The highest BCUT2D eigenvalue weighted by atomic mass is 32.2. The highest BCUT2D eigenvalue weighted by Gasteiger charge is 2.21. The lowest BCUT2D eigenvalue weighted by Crippen LogP contribution is -2.29. The molecule has 0 radical (unpaired) electrons. The molecule has 4 N–H and O–H groups in total. The molecule has 2 rings (SSSR count). The number of nitrogens with zero attached hydrogens (tertiary/aromatic N) is 3. The summed E-state index contributed by atoms with van der Waals surface area (Å²) in [5.41, 5.74) is 0.976. The molecule has 0 saturated heterocycles. The van der Waals surface area contributed by atoms with Crippen LogP contribution >= 0.6 is 0 Å². The van der Waals surface area contributed by atoms with Gasteiger partial charge in [-0.25, -0.2) is 23.1 Å². The zero-order chi connectivity index (χ0) is 17.7. The fraction of sp³-hybridized carbons (Fsp3) is 0.500. The summed E-state index contributed by atoms with van der Waals surface area (Å²) in [6.07, 6.45) is 0. The maximum Gasteiger partial charge on any atom is 0.244 e. The third-order valence-electron chi connectivity index (χ3n) is 3.25. The minimum Gasteiger partial charge on any atom is -0.370 e. The van der Waals surface area contributed by atoms with E-state index in [1.807, 2.05) is 6.92 Å². The van der Waals surface area contributed by atoms with Gasteiger partial charge in [0.15, 0.2) is 0 Å². The minimum absolute atomic E-state index is 0.204. The average Bonchev–Trinajstić information content (AvgIpc) is 2.83. The van der Waals surface area contributed by atoms with E-state index in [4.69, 9.17) is 0 Å². The van der Waals surface area contributed by atoms with Crippen LogP contribution in [0, 0.1) is 20.8 Å². The summed E-state index contributed by atoms with van der Waals surface area (Å²) in [6.45, 7) is 8.52. The average molecular weight is 353 g/mol. The summed E-state index contributed by atoms with van der Waals surface area (Å²) < 4.78 is 27.2. The maximum atomic E-state index is 12.3. The summed E-state index contributed by atoms with van der Waals surface area (Å²) >= 11 is 0. The molecule has 0 aliphatic rings. The van der Waals surface area contributed by atoms with Crippen LogP contribution in [0.25, 0.3) is 0 Å². The second kappa shape index (κ2) is 7.58. The first-order valence-corrected chi connectivity index (χ1v) is 9.16. The first-order valence-electron chi connectivity index (χ1n) is 7.68. The Bertz CT molecular complexity index is 782. The van der Waals surface area contributed by atoms with E-state index < -0.39 is 10.0 Å². The molecule has 0 spiro atoms. The molecule has 2 heterocycles. The summed E-state index contributed by atoms with van der Waals surface area (Å²) in [5, 5.41) is 12.8. The van der Waals surface area contributed by atoms with Crippen LogP contribution in [-0.4, -0.2) is 48.2 Å². The van der Waals surface area contributed by atoms with Gasteiger partial charge in [0.05, 0.1) is 11.4 Å².